The van der Waals surface area contributed by atoms with E-state index in [1.807, 2.05) is 18.3 Å². The van der Waals surface area contributed by atoms with E-state index in [0.29, 0.717) is 12.4 Å². The van der Waals surface area contributed by atoms with Crippen molar-refractivity contribution in [2.75, 3.05) is 20.2 Å². The van der Waals surface area contributed by atoms with E-state index in [0.717, 1.165) is 23.9 Å². The maximum Gasteiger partial charge on any atom is 0.212 e. The smallest absolute Gasteiger partial charge is 0.212 e. The topological polar surface area (TPSA) is 60.2 Å². The fourth-order valence-electron chi connectivity index (χ4n) is 2.22. The number of aromatic nitrogens is 1. The van der Waals surface area contributed by atoms with Crippen molar-refractivity contribution in [1.82, 2.24) is 10.3 Å². The number of nitrogens with one attached hydrogen (secondary N) is 1. The third kappa shape index (κ3) is 3.43. The summed E-state index contributed by atoms with van der Waals surface area (Å²) in [5.74, 6) is 2.30. The molecule has 0 aliphatic heterocycles. The largest absolute Gasteiger partial charge is 0.481 e. The van der Waals surface area contributed by atoms with Crippen molar-refractivity contribution in [2.24, 2.45) is 17.6 Å². The van der Waals surface area contributed by atoms with Crippen LogP contribution in [0.25, 0.3) is 0 Å². The number of hydrogen-bond acceptors (Lipinski definition) is 4. The van der Waals surface area contributed by atoms with Crippen LogP contribution in [0.2, 0.25) is 0 Å². The van der Waals surface area contributed by atoms with Crippen molar-refractivity contribution in [3.05, 3.63) is 23.9 Å². The van der Waals surface area contributed by atoms with Crippen LogP contribution < -0.4 is 15.8 Å². The van der Waals surface area contributed by atoms with Crippen LogP contribution in [0.3, 0.4) is 0 Å². The summed E-state index contributed by atoms with van der Waals surface area (Å²) in [5.41, 5.74) is 6.96. The minimum atomic E-state index is 0.185. The molecule has 0 spiro atoms. The zero-order chi connectivity index (χ0) is 13.0. The molecule has 2 unspecified atom stereocenters. The third-order valence-electron chi connectivity index (χ3n) is 3.72. The lowest BCUT2D eigenvalue weighted by Crippen LogP contribution is -2.32. The van der Waals surface area contributed by atoms with Crippen LogP contribution in [0.4, 0.5) is 0 Å². The van der Waals surface area contributed by atoms with Crippen LogP contribution in [0.1, 0.15) is 31.4 Å². The fraction of sp³-hybridized carbons (Fsp3) is 0.643. The number of pyridine rings is 1. The Kier molecular flexibility index (Phi) is 4.55. The Morgan fingerprint density at radius 3 is 2.78 bits per heavy atom. The molecule has 0 radical (unpaired) electrons. The number of hydrogen-bond donors (Lipinski definition) is 2. The summed E-state index contributed by atoms with van der Waals surface area (Å²) in [6, 6.07) is 4.09. The minimum absolute atomic E-state index is 0.185. The molecule has 18 heavy (non-hydrogen) atoms. The fourth-order valence-corrected chi connectivity index (χ4v) is 2.22. The van der Waals surface area contributed by atoms with Crippen LogP contribution in [0.5, 0.6) is 5.88 Å². The van der Waals surface area contributed by atoms with E-state index in [9.17, 15) is 0 Å². The molecule has 4 nitrogen and oxygen atoms in total. The van der Waals surface area contributed by atoms with Gasteiger partial charge in [0.1, 0.15) is 0 Å². The first-order chi connectivity index (χ1) is 8.74. The number of nitrogens with two attached hydrogens (primary N) is 1. The van der Waals surface area contributed by atoms with Gasteiger partial charge in [0.15, 0.2) is 0 Å². The highest BCUT2D eigenvalue weighted by Crippen LogP contribution is 2.36. The van der Waals surface area contributed by atoms with Crippen LogP contribution >= 0.6 is 0 Å². The molecule has 1 aliphatic rings. The van der Waals surface area contributed by atoms with Gasteiger partial charge in [-0.3, -0.25) is 0 Å². The highest BCUT2D eigenvalue weighted by atomic mass is 16.5. The van der Waals surface area contributed by atoms with Gasteiger partial charge in [-0.15, -0.1) is 0 Å². The van der Waals surface area contributed by atoms with Gasteiger partial charge in [0, 0.05) is 24.8 Å². The first-order valence-corrected chi connectivity index (χ1v) is 6.68. The summed E-state index contributed by atoms with van der Waals surface area (Å²) >= 11 is 0. The van der Waals surface area contributed by atoms with Crippen molar-refractivity contribution < 1.29 is 4.74 Å². The molecule has 100 valence electrons. The quantitative estimate of drug-likeness (QED) is 0.772. The first-order valence-electron chi connectivity index (χ1n) is 6.68. The van der Waals surface area contributed by atoms with E-state index >= 15 is 0 Å². The average molecular weight is 249 g/mol. The van der Waals surface area contributed by atoms with Crippen LogP contribution in [-0.2, 0) is 0 Å². The molecule has 0 bridgehead atoms. The molecule has 4 heteroatoms. The van der Waals surface area contributed by atoms with E-state index in [2.05, 4.69) is 17.2 Å². The molecular formula is C14H23N3O. The molecule has 1 aromatic heterocycles. The Hall–Kier alpha value is -1.13. The Labute approximate surface area is 109 Å². The second-order valence-corrected chi connectivity index (χ2v) is 5.15. The lowest BCUT2D eigenvalue weighted by atomic mass is 10.0. The molecule has 1 aliphatic carbocycles. The van der Waals surface area contributed by atoms with Gasteiger partial charge in [0.25, 0.3) is 0 Å². The van der Waals surface area contributed by atoms with Gasteiger partial charge in [-0.05, 0) is 36.8 Å². The van der Waals surface area contributed by atoms with Gasteiger partial charge >= 0.3 is 0 Å². The average Bonchev–Trinajstić information content (AvgIpc) is 3.24. The van der Waals surface area contributed by atoms with Gasteiger partial charge in [0.2, 0.25) is 5.88 Å². The third-order valence-corrected chi connectivity index (χ3v) is 3.72. The summed E-state index contributed by atoms with van der Waals surface area (Å²) < 4.78 is 5.06. The second-order valence-electron chi connectivity index (χ2n) is 5.15. The van der Waals surface area contributed by atoms with Crippen LogP contribution in [-0.4, -0.2) is 25.2 Å². The zero-order valence-electron chi connectivity index (χ0n) is 11.2. The molecule has 1 saturated carbocycles. The molecule has 0 aromatic carbocycles. The lowest BCUT2D eigenvalue weighted by Gasteiger charge is -2.20. The van der Waals surface area contributed by atoms with Gasteiger partial charge in [-0.25, -0.2) is 4.98 Å². The minimum Gasteiger partial charge on any atom is -0.481 e. The zero-order valence-corrected chi connectivity index (χ0v) is 11.2. The molecule has 3 N–H and O–H groups in total. The number of ether oxygens (including phenoxy) is 1. The van der Waals surface area contributed by atoms with Crippen molar-refractivity contribution >= 4 is 0 Å². The predicted molar refractivity (Wildman–Crippen MR) is 72.5 cm³/mol. The van der Waals surface area contributed by atoms with Gasteiger partial charge in [0.05, 0.1) is 7.11 Å². The summed E-state index contributed by atoms with van der Waals surface area (Å²) in [6.45, 7) is 3.93. The Morgan fingerprint density at radius 1 is 1.50 bits per heavy atom. The summed E-state index contributed by atoms with van der Waals surface area (Å²) in [4.78, 5) is 4.22. The van der Waals surface area contributed by atoms with Gasteiger partial charge in [-0.1, -0.05) is 13.0 Å². The summed E-state index contributed by atoms with van der Waals surface area (Å²) in [6.07, 6.45) is 4.62. The number of rotatable bonds is 7. The van der Waals surface area contributed by atoms with E-state index in [-0.39, 0.29) is 6.04 Å². The highest BCUT2D eigenvalue weighted by molar-refractivity contribution is 5.21. The summed E-state index contributed by atoms with van der Waals surface area (Å²) in [5, 5.41) is 3.54. The number of methoxy groups -OCH3 is 1. The summed E-state index contributed by atoms with van der Waals surface area (Å²) in [7, 11) is 1.62. The first kappa shape index (κ1) is 13.3. The van der Waals surface area contributed by atoms with Crippen molar-refractivity contribution in [3.8, 4) is 5.88 Å². The molecular weight excluding hydrogens is 226 g/mol. The Balaban J connectivity index is 1.89. The Morgan fingerprint density at radius 2 is 2.28 bits per heavy atom. The molecule has 2 rings (SSSR count). The van der Waals surface area contributed by atoms with E-state index < -0.39 is 0 Å². The Bertz CT molecular complexity index is 362. The highest BCUT2D eigenvalue weighted by Gasteiger charge is 2.27. The van der Waals surface area contributed by atoms with Crippen LogP contribution in [0, 0.1) is 11.8 Å². The van der Waals surface area contributed by atoms with E-state index in [1.54, 1.807) is 7.11 Å². The van der Waals surface area contributed by atoms with Gasteiger partial charge in [-0.2, -0.15) is 0 Å². The molecule has 1 fully saturated rings. The molecule has 1 aromatic rings. The molecule has 0 saturated heterocycles. The van der Waals surface area contributed by atoms with E-state index in [4.69, 9.17) is 10.5 Å². The standard InChI is InChI=1S/C14H23N3O/c1-10(11-3-4-11)8-16-13(7-15)12-5-6-14(18-2)17-9-12/h5-6,9-11,13,16H,3-4,7-8,15H2,1-2H3. The van der Waals surface area contributed by atoms with E-state index in [1.165, 1.54) is 12.8 Å². The van der Waals surface area contributed by atoms with Crippen molar-refractivity contribution in [1.29, 1.82) is 0 Å². The predicted octanol–water partition coefficient (Wildman–Crippen LogP) is 1.73. The monoisotopic (exact) mass is 249 g/mol. The van der Waals surface area contributed by atoms with Crippen molar-refractivity contribution in [3.63, 3.8) is 0 Å². The molecule has 0 amide bonds. The normalized spacial score (nSPS) is 18.4. The molecule has 2 atom stereocenters. The van der Waals surface area contributed by atoms with Gasteiger partial charge < -0.3 is 15.8 Å². The maximum atomic E-state index is 5.83. The molecule has 1 heterocycles. The van der Waals surface area contributed by atoms with Crippen molar-refractivity contribution in [2.45, 2.75) is 25.8 Å². The SMILES string of the molecule is COc1ccc(C(CN)NCC(C)C2CC2)cn1. The second kappa shape index (κ2) is 6.16. The maximum absolute atomic E-state index is 5.83. The lowest BCUT2D eigenvalue weighted by molar-refractivity contribution is 0.395. The number of nitrogens with zero attached hydrogens (tertiary/aromatic N) is 1. The van der Waals surface area contributed by atoms with Crippen LogP contribution in [0.15, 0.2) is 18.3 Å².